The fourth-order valence-corrected chi connectivity index (χ4v) is 13.7. The number of hydrogen-bond acceptors (Lipinski definition) is 3. The van der Waals surface area contributed by atoms with E-state index >= 15 is 0 Å². The molecule has 6 heteroatoms. The van der Waals surface area contributed by atoms with Gasteiger partial charge >= 0.3 is 0 Å². The summed E-state index contributed by atoms with van der Waals surface area (Å²) in [5, 5.41) is -5.34. The molecule has 0 unspecified atom stereocenters. The molecule has 3 aromatic heterocycles. The third-order valence-electron chi connectivity index (χ3n) is 13.0. The van der Waals surface area contributed by atoms with Crippen molar-refractivity contribution < 1.29 is 46.6 Å². The minimum atomic E-state index is -6.05. The standard InChI is InChI=1S/C66H47N5Si/c1-66(2)56-34-15-9-28-49(56)50-41-40-48(43-57(50)66)72(45-23-5-3-6-24-45,46-25-7-4-8-26-46)47-27-21-22-44(42-47)63-67-64(69-65(68-63)71-60-37-18-12-31-53(60)54-32-13-19-38-61(54)71)55-33-14-20-39-62(55)70-58-35-16-10-29-51(58)52-30-11-17-36-59(52)70/h3-43H,1-2H3/i3D,4D,5D,6D,7D,8D,10D,11D,12D,13D,14D,16D,17D,18D,19D,20D,21D,22D,23D,24D,25D,26D,27D,29D,30D,31D,32D,33D,35D,36D,37D,38D,39D,42D. The first-order valence-electron chi connectivity index (χ1n) is 39.0. The summed E-state index contributed by atoms with van der Waals surface area (Å²) < 4.78 is 322. The highest BCUT2D eigenvalue weighted by molar-refractivity contribution is 7.20. The van der Waals surface area contributed by atoms with E-state index in [-0.39, 0.29) is 5.19 Å². The van der Waals surface area contributed by atoms with E-state index < -0.39 is 313 Å². The van der Waals surface area contributed by atoms with Gasteiger partial charge in [0, 0.05) is 38.1 Å². The second-order valence-electron chi connectivity index (χ2n) is 17.0. The zero-order valence-electron chi connectivity index (χ0n) is 71.3. The van der Waals surface area contributed by atoms with Crippen molar-refractivity contribution >= 4 is 72.4 Å². The highest BCUT2D eigenvalue weighted by Gasteiger charge is 2.44. The van der Waals surface area contributed by atoms with Crippen LogP contribution in [0.25, 0.3) is 89.2 Å². The number of aromatic nitrogens is 5. The van der Waals surface area contributed by atoms with Crippen LogP contribution in [0.2, 0.25) is 0 Å². The van der Waals surface area contributed by atoms with Crippen molar-refractivity contribution in [2.24, 2.45) is 0 Å². The minimum Gasteiger partial charge on any atom is -0.309 e. The van der Waals surface area contributed by atoms with Gasteiger partial charge in [-0.1, -0.05) is 225 Å². The molecule has 0 fully saturated rings. The van der Waals surface area contributed by atoms with Gasteiger partial charge in [-0.25, -0.2) is 4.98 Å². The smallest absolute Gasteiger partial charge is 0.238 e. The summed E-state index contributed by atoms with van der Waals surface area (Å²) >= 11 is 0. The summed E-state index contributed by atoms with van der Waals surface area (Å²) in [6.07, 6.45) is 0. The van der Waals surface area contributed by atoms with Gasteiger partial charge < -0.3 is 4.57 Å². The molecule has 1 aliphatic carbocycles. The van der Waals surface area contributed by atoms with E-state index in [0.717, 1.165) is 5.56 Å². The Balaban J connectivity index is 1.26. The summed E-state index contributed by atoms with van der Waals surface area (Å²) in [5.74, 6) is -3.40. The van der Waals surface area contributed by atoms with Crippen LogP contribution in [0.1, 0.15) is 71.6 Å². The molecule has 1 aliphatic rings. The molecular formula is C66H47N5Si. The molecule has 0 spiro atoms. The lowest BCUT2D eigenvalue weighted by Crippen LogP contribution is -2.74. The highest BCUT2D eigenvalue weighted by atomic mass is 28.3. The van der Waals surface area contributed by atoms with Crippen LogP contribution >= 0.6 is 0 Å². The van der Waals surface area contributed by atoms with Crippen LogP contribution in [0, 0.1) is 0 Å². The maximum Gasteiger partial charge on any atom is 0.238 e. The second-order valence-corrected chi connectivity index (χ2v) is 20.6. The first kappa shape index (κ1) is 20.0. The van der Waals surface area contributed by atoms with Gasteiger partial charge in [0.1, 0.15) is 0 Å². The van der Waals surface area contributed by atoms with Gasteiger partial charge in [0.2, 0.25) is 5.95 Å². The fourth-order valence-electron chi connectivity index (χ4n) is 9.85. The second kappa shape index (κ2) is 16.3. The van der Waals surface area contributed by atoms with Gasteiger partial charge in [-0.2, -0.15) is 9.97 Å². The fraction of sp³-hybridized carbons (Fsp3) is 0.0455. The van der Waals surface area contributed by atoms with E-state index in [1.54, 1.807) is 18.2 Å². The zero-order valence-corrected chi connectivity index (χ0v) is 38.3. The van der Waals surface area contributed by atoms with Gasteiger partial charge in [-0.15, -0.1) is 0 Å². The van der Waals surface area contributed by atoms with Crippen molar-refractivity contribution in [3.05, 3.63) is 259 Å². The molecule has 10 aromatic carbocycles. The Bertz CT molecular complexity index is 6040. The Labute approximate surface area is 466 Å². The Morgan fingerprint density at radius 2 is 0.903 bits per heavy atom. The molecule has 3 heterocycles. The predicted molar refractivity (Wildman–Crippen MR) is 301 cm³/mol. The Morgan fingerprint density at radius 3 is 1.53 bits per heavy atom. The van der Waals surface area contributed by atoms with Crippen LogP contribution in [0.15, 0.2) is 248 Å². The maximum atomic E-state index is 11.0. The van der Waals surface area contributed by atoms with Gasteiger partial charge in [-0.05, 0) is 79.3 Å². The molecule has 0 saturated heterocycles. The lowest BCUT2D eigenvalue weighted by atomic mass is 9.82. The first-order valence-corrected chi connectivity index (χ1v) is 24.0. The topological polar surface area (TPSA) is 48.5 Å². The molecular weight excluding hydrogens is 891 g/mol. The SMILES string of the molecule is [2H]c1c([2H])c([2H])c([Si](c2ccc3c(c2)C(C)(C)c2ccccc2-3)(c2c([2H])c([2H])c([2H])c([2H])c2[2H])c2c([2H])c([2H])c([2H])c(-c3nc(-c4c([2H])c([2H])c([2H])c([2H])c4-n4c5c([2H])c([2H])c([2H])c([2H])c5c5c([2H])c([2H])c([2H])c([2H])c54)nc(-n4c5c([2H])c([2H])c([2H])c([2H])c5c5c([2H])c([2H])c([2H])c([2H])c54)n3)c2[2H])c([2H])c1[2H]. The summed E-state index contributed by atoms with van der Waals surface area (Å²) in [6, 6.07) is -23.8. The number of benzene rings is 10. The first-order chi connectivity index (χ1) is 49.6. The summed E-state index contributed by atoms with van der Waals surface area (Å²) in [7, 11) is -6.05. The van der Waals surface area contributed by atoms with Gasteiger partial charge in [0.15, 0.2) is 19.7 Å². The molecule has 13 aromatic rings. The van der Waals surface area contributed by atoms with Crippen LogP contribution in [-0.4, -0.2) is 32.2 Å². The van der Waals surface area contributed by atoms with E-state index in [2.05, 4.69) is 0 Å². The van der Waals surface area contributed by atoms with E-state index in [1.165, 1.54) is 12.1 Å². The molecule has 0 atom stereocenters. The highest BCUT2D eigenvalue weighted by Crippen LogP contribution is 2.48. The lowest BCUT2D eigenvalue weighted by Gasteiger charge is -2.35. The average molecular weight is 972 g/mol. The van der Waals surface area contributed by atoms with E-state index in [0.29, 0.717) is 25.8 Å². The molecule has 340 valence electrons. The minimum absolute atomic E-state index is 0.244. The molecule has 0 aliphatic heterocycles. The van der Waals surface area contributed by atoms with Crippen LogP contribution < -0.4 is 20.7 Å². The molecule has 5 nitrogen and oxygen atoms in total. The van der Waals surface area contributed by atoms with Gasteiger partial charge in [0.05, 0.1) is 74.4 Å². The van der Waals surface area contributed by atoms with E-state index in [9.17, 15) is 32.9 Å². The van der Waals surface area contributed by atoms with Crippen molar-refractivity contribution in [3.8, 4) is 45.5 Å². The van der Waals surface area contributed by atoms with Crippen LogP contribution in [-0.2, 0) is 5.41 Å². The Hall–Kier alpha value is -8.97. The lowest BCUT2D eigenvalue weighted by molar-refractivity contribution is 0.661. The van der Waals surface area contributed by atoms with Crippen molar-refractivity contribution in [2.45, 2.75) is 19.3 Å². The van der Waals surface area contributed by atoms with E-state index in [4.69, 9.17) is 28.7 Å². The molecule has 14 rings (SSSR count). The number of hydrogen-bond donors (Lipinski definition) is 0. The van der Waals surface area contributed by atoms with E-state index in [1.807, 2.05) is 26.0 Å². The normalized spacial score (nSPS) is 19.6. The molecule has 0 radical (unpaired) electrons. The number of rotatable bonds is 8. The number of fused-ring (bicyclic) bond motifs is 9. The maximum absolute atomic E-state index is 11.0. The third kappa shape index (κ3) is 6.22. The van der Waals surface area contributed by atoms with Gasteiger partial charge in [0.25, 0.3) is 0 Å². The Morgan fingerprint density at radius 1 is 0.403 bits per heavy atom. The zero-order chi connectivity index (χ0) is 77.6. The van der Waals surface area contributed by atoms with Crippen molar-refractivity contribution in [1.29, 1.82) is 0 Å². The predicted octanol–water partition coefficient (Wildman–Crippen LogP) is 13.1. The summed E-state index contributed by atoms with van der Waals surface area (Å²) in [4.78, 5) is 14.1. The largest absolute Gasteiger partial charge is 0.309 e. The van der Waals surface area contributed by atoms with Crippen LogP contribution in [0.5, 0.6) is 0 Å². The molecule has 0 saturated carbocycles. The van der Waals surface area contributed by atoms with Crippen molar-refractivity contribution in [3.63, 3.8) is 0 Å². The Kier molecular flexibility index (Phi) is 4.54. The molecule has 0 amide bonds. The summed E-state index contributed by atoms with van der Waals surface area (Å²) in [5.41, 5.74) is -4.67. The quantitative estimate of drug-likeness (QED) is 0.113. The van der Waals surface area contributed by atoms with Crippen molar-refractivity contribution in [1.82, 2.24) is 24.1 Å². The van der Waals surface area contributed by atoms with Crippen molar-refractivity contribution in [2.75, 3.05) is 0 Å². The van der Waals surface area contributed by atoms with Crippen LogP contribution in [0.4, 0.5) is 0 Å². The van der Waals surface area contributed by atoms with Crippen LogP contribution in [0.3, 0.4) is 0 Å². The molecule has 0 bridgehead atoms. The third-order valence-corrected chi connectivity index (χ3v) is 17.2. The molecule has 72 heavy (non-hydrogen) atoms. The summed E-state index contributed by atoms with van der Waals surface area (Å²) in [6.45, 7) is 3.64. The van der Waals surface area contributed by atoms with Gasteiger partial charge in [-0.3, -0.25) is 4.57 Å². The average Bonchev–Trinajstić information content (AvgIpc) is 0.970. The molecule has 0 N–H and O–H groups in total. The monoisotopic (exact) mass is 972 g/mol. The number of para-hydroxylation sites is 5. The number of nitrogens with zero attached hydrogens (tertiary/aromatic N) is 5.